The van der Waals surface area contributed by atoms with E-state index in [0.717, 1.165) is 31.4 Å². The van der Waals surface area contributed by atoms with Crippen molar-refractivity contribution < 1.29 is 23.9 Å². The molecule has 2 aromatic carbocycles. The number of fused-ring (bicyclic) bond motifs is 1. The molecule has 1 atom stereocenters. The average molecular weight is 549 g/mol. The molecule has 1 saturated carbocycles. The van der Waals surface area contributed by atoms with E-state index in [0.29, 0.717) is 16.9 Å². The Morgan fingerprint density at radius 2 is 1.68 bits per heavy atom. The lowest BCUT2D eigenvalue weighted by Crippen LogP contribution is -2.55. The fourth-order valence-corrected chi connectivity index (χ4v) is 5.27. The number of urea groups is 1. The van der Waals surface area contributed by atoms with Crippen LogP contribution in [0, 0.1) is 5.41 Å². The maximum Gasteiger partial charge on any atom is 0.338 e. The summed E-state index contributed by atoms with van der Waals surface area (Å²) in [6, 6.07) is 12.9. The normalized spacial score (nSPS) is 18.0. The molecule has 1 aliphatic heterocycles. The monoisotopic (exact) mass is 548 g/mol. The Morgan fingerprint density at radius 3 is 2.35 bits per heavy atom. The van der Waals surface area contributed by atoms with E-state index in [1.165, 1.54) is 17.4 Å². The average Bonchev–Trinajstić information content (AvgIpc) is 3.04. The van der Waals surface area contributed by atoms with Gasteiger partial charge in [0.05, 0.1) is 30.1 Å². The van der Waals surface area contributed by atoms with Crippen LogP contribution in [0.4, 0.5) is 21.9 Å². The minimum atomic E-state index is -0.893. The highest BCUT2D eigenvalue weighted by atomic mass is 16.5. The molecule has 3 amide bonds. The number of carbonyl (C=O) groups is 4. The minimum absolute atomic E-state index is 0.0687. The number of nitrogens with one attached hydrogen (secondary N) is 2. The van der Waals surface area contributed by atoms with Crippen molar-refractivity contribution in [2.45, 2.75) is 71.9 Å². The molecule has 0 bridgehead atoms. The number of amides is 3. The van der Waals surface area contributed by atoms with E-state index >= 15 is 0 Å². The lowest BCUT2D eigenvalue weighted by atomic mass is 9.90. The van der Waals surface area contributed by atoms with Crippen molar-refractivity contribution in [3.8, 4) is 0 Å². The smallest absolute Gasteiger partial charge is 0.338 e. The van der Waals surface area contributed by atoms with Crippen LogP contribution in [0.15, 0.2) is 48.5 Å². The maximum absolute atomic E-state index is 14.0. The van der Waals surface area contributed by atoms with Gasteiger partial charge in [0.1, 0.15) is 6.04 Å². The molecular formula is C31H40N4O5. The Kier molecular flexibility index (Phi) is 9.12. The first-order valence-electron chi connectivity index (χ1n) is 14.1. The first kappa shape index (κ1) is 29.1. The molecule has 40 heavy (non-hydrogen) atoms. The van der Waals surface area contributed by atoms with Gasteiger partial charge in [-0.25, -0.2) is 9.59 Å². The van der Waals surface area contributed by atoms with Crippen molar-refractivity contribution in [2.24, 2.45) is 5.41 Å². The summed E-state index contributed by atoms with van der Waals surface area (Å²) in [6.45, 7) is 7.69. The second-order valence-corrected chi connectivity index (χ2v) is 11.5. The summed E-state index contributed by atoms with van der Waals surface area (Å²) in [6.07, 6.45) is 5.41. The van der Waals surface area contributed by atoms with E-state index in [1.807, 2.05) is 45.0 Å². The lowest BCUT2D eigenvalue weighted by Gasteiger charge is -2.37. The molecule has 0 radical (unpaired) electrons. The van der Waals surface area contributed by atoms with Gasteiger partial charge in [-0.2, -0.15) is 0 Å². The summed E-state index contributed by atoms with van der Waals surface area (Å²) < 4.78 is 5.05. The van der Waals surface area contributed by atoms with Crippen LogP contribution in [0.1, 0.15) is 70.2 Å². The molecule has 214 valence electrons. The van der Waals surface area contributed by atoms with Crippen molar-refractivity contribution in [2.75, 3.05) is 34.8 Å². The maximum atomic E-state index is 14.0. The van der Waals surface area contributed by atoms with Gasteiger partial charge >= 0.3 is 12.0 Å². The largest absolute Gasteiger partial charge is 0.462 e. The van der Waals surface area contributed by atoms with Gasteiger partial charge in [-0.15, -0.1) is 0 Å². The van der Waals surface area contributed by atoms with Gasteiger partial charge in [-0.1, -0.05) is 58.2 Å². The second-order valence-electron chi connectivity index (χ2n) is 11.5. The SMILES string of the molecule is CCOC(=O)c1cccc(NC(=O)NC2CN(C3CCCCC3)c3ccccc3N(CC(=O)C(C)(C)C)C2=O)c1. The number of Topliss-reactive ketones (excluding diaryl/α,β-unsaturated/α-hetero) is 1. The van der Waals surface area contributed by atoms with Crippen molar-refractivity contribution in [3.05, 3.63) is 54.1 Å². The van der Waals surface area contributed by atoms with Crippen LogP contribution >= 0.6 is 0 Å². The van der Waals surface area contributed by atoms with Gasteiger partial charge in [0, 0.05) is 23.7 Å². The van der Waals surface area contributed by atoms with Crippen LogP contribution in [0.25, 0.3) is 0 Å². The molecule has 0 saturated heterocycles. The quantitative estimate of drug-likeness (QED) is 0.463. The van der Waals surface area contributed by atoms with Gasteiger partial charge in [0.25, 0.3) is 5.91 Å². The molecule has 2 aliphatic rings. The highest BCUT2D eigenvalue weighted by Crippen LogP contribution is 2.37. The number of anilines is 3. The number of ether oxygens (including phenoxy) is 1. The highest BCUT2D eigenvalue weighted by Gasteiger charge is 2.39. The fourth-order valence-electron chi connectivity index (χ4n) is 5.27. The minimum Gasteiger partial charge on any atom is -0.462 e. The van der Waals surface area contributed by atoms with Crippen molar-refractivity contribution >= 4 is 40.8 Å². The molecule has 2 aromatic rings. The van der Waals surface area contributed by atoms with Crippen molar-refractivity contribution in [1.82, 2.24) is 5.32 Å². The van der Waals surface area contributed by atoms with E-state index in [2.05, 4.69) is 15.5 Å². The molecular weight excluding hydrogens is 508 g/mol. The third-order valence-corrected chi connectivity index (χ3v) is 7.52. The van der Waals surface area contributed by atoms with Crippen LogP contribution in [0.3, 0.4) is 0 Å². The highest BCUT2D eigenvalue weighted by molar-refractivity contribution is 6.08. The van der Waals surface area contributed by atoms with Crippen LogP contribution in [-0.2, 0) is 14.3 Å². The second kappa shape index (κ2) is 12.5. The number of hydrogen-bond acceptors (Lipinski definition) is 6. The number of ketones is 1. The standard InChI is InChI=1S/C31H40N4O5/c1-5-40-29(38)21-12-11-13-22(18-21)32-30(39)33-24-19-34(23-14-7-6-8-15-23)25-16-9-10-17-26(25)35(28(24)37)20-27(36)31(2,3)4/h9-13,16-18,23-24H,5-8,14-15,19-20H2,1-4H3,(H2,32,33,39). The van der Waals surface area contributed by atoms with Gasteiger partial charge in [0.15, 0.2) is 5.78 Å². The predicted octanol–water partition coefficient (Wildman–Crippen LogP) is 5.15. The van der Waals surface area contributed by atoms with Crippen molar-refractivity contribution in [1.29, 1.82) is 0 Å². The Hall–Kier alpha value is -3.88. The molecule has 4 rings (SSSR count). The van der Waals surface area contributed by atoms with Crippen LogP contribution < -0.4 is 20.4 Å². The zero-order valence-electron chi connectivity index (χ0n) is 23.9. The third-order valence-electron chi connectivity index (χ3n) is 7.52. The Bertz CT molecular complexity index is 1250. The molecule has 1 fully saturated rings. The van der Waals surface area contributed by atoms with E-state index < -0.39 is 23.5 Å². The van der Waals surface area contributed by atoms with Crippen molar-refractivity contribution in [3.63, 3.8) is 0 Å². The summed E-state index contributed by atoms with van der Waals surface area (Å²) in [5, 5.41) is 5.62. The molecule has 1 unspecified atom stereocenters. The molecule has 2 N–H and O–H groups in total. The molecule has 1 aliphatic carbocycles. The fraction of sp³-hybridized carbons (Fsp3) is 0.484. The topological polar surface area (TPSA) is 108 Å². The number of carbonyl (C=O) groups excluding carboxylic acids is 4. The first-order valence-corrected chi connectivity index (χ1v) is 14.1. The number of nitrogens with zero attached hydrogens (tertiary/aromatic N) is 2. The first-order chi connectivity index (χ1) is 19.1. The van der Waals surface area contributed by atoms with E-state index in [-0.39, 0.29) is 37.4 Å². The summed E-state index contributed by atoms with van der Waals surface area (Å²) in [7, 11) is 0. The van der Waals surface area contributed by atoms with Crippen LogP contribution in [0.5, 0.6) is 0 Å². The molecule has 9 heteroatoms. The Balaban J connectivity index is 1.62. The lowest BCUT2D eigenvalue weighted by molar-refractivity contribution is -0.127. The van der Waals surface area contributed by atoms with Gasteiger partial charge < -0.3 is 25.2 Å². The molecule has 1 heterocycles. The summed E-state index contributed by atoms with van der Waals surface area (Å²) in [4.78, 5) is 56.3. The number of para-hydroxylation sites is 2. The summed E-state index contributed by atoms with van der Waals surface area (Å²) >= 11 is 0. The van der Waals surface area contributed by atoms with Gasteiger partial charge in [-0.3, -0.25) is 9.59 Å². The van der Waals surface area contributed by atoms with Gasteiger partial charge in [0.2, 0.25) is 0 Å². The number of benzene rings is 2. The summed E-state index contributed by atoms with van der Waals surface area (Å²) in [5.74, 6) is -0.884. The van der Waals surface area contributed by atoms with Gasteiger partial charge in [-0.05, 0) is 50.1 Å². The molecule has 0 aromatic heterocycles. The number of rotatable bonds is 7. The number of esters is 1. The zero-order chi connectivity index (χ0) is 28.9. The zero-order valence-corrected chi connectivity index (χ0v) is 23.9. The van der Waals surface area contributed by atoms with Crippen LogP contribution in [0.2, 0.25) is 0 Å². The van der Waals surface area contributed by atoms with Crippen LogP contribution in [-0.4, -0.2) is 55.5 Å². The number of hydrogen-bond donors (Lipinski definition) is 2. The third kappa shape index (κ3) is 6.81. The van der Waals surface area contributed by atoms with E-state index in [4.69, 9.17) is 4.74 Å². The Labute approximate surface area is 236 Å². The van der Waals surface area contributed by atoms with E-state index in [9.17, 15) is 19.2 Å². The molecule has 0 spiro atoms. The summed E-state index contributed by atoms with van der Waals surface area (Å²) in [5.41, 5.74) is 1.67. The predicted molar refractivity (Wildman–Crippen MR) is 156 cm³/mol. The van der Waals surface area contributed by atoms with E-state index in [1.54, 1.807) is 25.1 Å². The molecule has 9 nitrogen and oxygen atoms in total. The Morgan fingerprint density at radius 1 is 0.975 bits per heavy atom.